The quantitative estimate of drug-likeness (QED) is 0.692. The number of carbonyl (C=O) groups is 1. The number of carbonyl (C=O) groups excluding carboxylic acids is 1. The number of hydrogen-bond donors (Lipinski definition) is 2. The first-order valence-electron chi connectivity index (χ1n) is 6.81. The maximum Gasteiger partial charge on any atom is 0.247 e. The Morgan fingerprint density at radius 1 is 1.35 bits per heavy atom. The lowest BCUT2D eigenvalue weighted by Crippen LogP contribution is -2.06. The van der Waals surface area contributed by atoms with Crippen molar-refractivity contribution in [1.29, 1.82) is 0 Å². The highest BCUT2D eigenvalue weighted by molar-refractivity contribution is 9.10. The summed E-state index contributed by atoms with van der Waals surface area (Å²) >= 11 is 3.60. The molecule has 3 rings (SSSR count). The number of aromatic nitrogens is 3. The molecule has 2 heterocycles. The lowest BCUT2D eigenvalue weighted by Gasteiger charge is -2.07. The number of aryl methyl sites for hydroxylation is 1. The van der Waals surface area contributed by atoms with Gasteiger partial charge in [-0.25, -0.2) is 9.97 Å². The van der Waals surface area contributed by atoms with Crippen LogP contribution in [0.4, 0.5) is 11.5 Å². The molecule has 0 atom stereocenters. The van der Waals surface area contributed by atoms with Crippen LogP contribution in [0.2, 0.25) is 0 Å². The summed E-state index contributed by atoms with van der Waals surface area (Å²) in [6.45, 7) is 3.43. The van der Waals surface area contributed by atoms with Gasteiger partial charge in [-0.3, -0.25) is 4.79 Å². The number of benzene rings is 1. The van der Waals surface area contributed by atoms with Gasteiger partial charge in [0.25, 0.3) is 0 Å². The van der Waals surface area contributed by atoms with Crippen LogP contribution in [0.15, 0.2) is 47.7 Å². The summed E-state index contributed by atoms with van der Waals surface area (Å²) < 4.78 is 2.80. The molecule has 0 radical (unpaired) electrons. The van der Waals surface area contributed by atoms with Gasteiger partial charge in [-0.15, -0.1) is 0 Å². The number of fused-ring (bicyclic) bond motifs is 1. The molecule has 3 N–H and O–H groups in total. The van der Waals surface area contributed by atoms with E-state index in [1.54, 1.807) is 0 Å². The third-order valence-corrected chi connectivity index (χ3v) is 4.32. The van der Waals surface area contributed by atoms with E-state index in [4.69, 9.17) is 5.73 Å². The first kappa shape index (κ1) is 15.2. The van der Waals surface area contributed by atoms with Gasteiger partial charge in [0.15, 0.2) is 0 Å². The highest BCUT2D eigenvalue weighted by Crippen LogP contribution is 2.38. The van der Waals surface area contributed by atoms with Gasteiger partial charge in [-0.05, 0) is 39.7 Å². The maximum atomic E-state index is 11.3. The lowest BCUT2D eigenvalue weighted by molar-refractivity contribution is -0.111. The Labute approximate surface area is 141 Å². The zero-order chi connectivity index (χ0) is 16.6. The highest BCUT2D eigenvalue weighted by atomic mass is 79.9. The van der Waals surface area contributed by atoms with Crippen molar-refractivity contribution in [2.75, 3.05) is 11.1 Å². The average molecular weight is 372 g/mol. The van der Waals surface area contributed by atoms with Crippen molar-refractivity contribution < 1.29 is 4.79 Å². The Bertz CT molecular complexity index is 914. The number of nitrogens with two attached hydrogens (primary N) is 1. The molecule has 0 aliphatic carbocycles. The second-order valence-corrected chi connectivity index (χ2v) is 5.74. The number of nitrogens with one attached hydrogen (secondary N) is 1. The van der Waals surface area contributed by atoms with Gasteiger partial charge in [0.05, 0.1) is 15.6 Å². The first-order chi connectivity index (χ1) is 11.0. The Morgan fingerprint density at radius 2 is 2.04 bits per heavy atom. The van der Waals surface area contributed by atoms with Gasteiger partial charge in [-0.2, -0.15) is 0 Å². The maximum absolute atomic E-state index is 11.3. The van der Waals surface area contributed by atoms with Gasteiger partial charge in [0, 0.05) is 12.7 Å². The molecule has 2 aromatic heterocycles. The molecule has 116 valence electrons. The van der Waals surface area contributed by atoms with Gasteiger partial charge < -0.3 is 15.6 Å². The van der Waals surface area contributed by atoms with Crippen molar-refractivity contribution in [2.24, 2.45) is 7.05 Å². The van der Waals surface area contributed by atoms with Gasteiger partial charge in [0.2, 0.25) is 5.91 Å². The number of halogens is 1. The molecule has 0 aliphatic rings. The van der Waals surface area contributed by atoms with Crippen molar-refractivity contribution >= 4 is 44.4 Å². The zero-order valence-electron chi connectivity index (χ0n) is 12.4. The number of anilines is 2. The summed E-state index contributed by atoms with van der Waals surface area (Å²) in [7, 11) is 1.92. The molecular formula is C16H14BrN5O. The summed E-state index contributed by atoms with van der Waals surface area (Å²) in [5.41, 5.74) is 9.32. The second-order valence-electron chi connectivity index (χ2n) is 4.95. The average Bonchev–Trinajstić information content (AvgIpc) is 2.81. The fraction of sp³-hybridized carbons (Fsp3) is 0.0625. The van der Waals surface area contributed by atoms with Crippen LogP contribution in [0.25, 0.3) is 22.3 Å². The monoisotopic (exact) mass is 371 g/mol. The van der Waals surface area contributed by atoms with Crippen molar-refractivity contribution in [3.05, 3.63) is 47.7 Å². The molecule has 0 bridgehead atoms. The highest BCUT2D eigenvalue weighted by Gasteiger charge is 2.18. The zero-order valence-corrected chi connectivity index (χ0v) is 14.0. The van der Waals surface area contributed by atoms with Crippen molar-refractivity contribution in [3.8, 4) is 11.3 Å². The van der Waals surface area contributed by atoms with Crippen LogP contribution in [-0.4, -0.2) is 20.4 Å². The van der Waals surface area contributed by atoms with Crippen LogP contribution >= 0.6 is 15.9 Å². The number of nitrogens with zero attached hydrogens (tertiary/aromatic N) is 3. The molecule has 1 amide bonds. The van der Waals surface area contributed by atoms with E-state index in [9.17, 15) is 4.79 Å². The smallest absolute Gasteiger partial charge is 0.247 e. The van der Waals surface area contributed by atoms with E-state index >= 15 is 0 Å². The Morgan fingerprint density at radius 3 is 2.65 bits per heavy atom. The van der Waals surface area contributed by atoms with Crippen LogP contribution < -0.4 is 11.1 Å². The molecule has 0 fully saturated rings. The van der Waals surface area contributed by atoms with E-state index < -0.39 is 0 Å². The largest absolute Gasteiger partial charge is 0.383 e. The van der Waals surface area contributed by atoms with E-state index in [0.717, 1.165) is 26.8 Å². The van der Waals surface area contributed by atoms with Gasteiger partial charge in [-0.1, -0.05) is 18.7 Å². The van der Waals surface area contributed by atoms with Crippen LogP contribution in [0, 0.1) is 0 Å². The topological polar surface area (TPSA) is 85.8 Å². The van der Waals surface area contributed by atoms with Gasteiger partial charge in [0.1, 0.15) is 17.8 Å². The predicted molar refractivity (Wildman–Crippen MR) is 94.9 cm³/mol. The fourth-order valence-electron chi connectivity index (χ4n) is 2.45. The minimum Gasteiger partial charge on any atom is -0.383 e. The molecule has 7 heteroatoms. The lowest BCUT2D eigenvalue weighted by atomic mass is 10.1. The van der Waals surface area contributed by atoms with E-state index in [-0.39, 0.29) is 5.91 Å². The van der Waals surface area contributed by atoms with Crippen molar-refractivity contribution in [2.45, 2.75) is 0 Å². The van der Waals surface area contributed by atoms with Crippen LogP contribution in [0.1, 0.15) is 0 Å². The summed E-state index contributed by atoms with van der Waals surface area (Å²) in [5, 5.41) is 3.50. The third-order valence-electron chi connectivity index (χ3n) is 3.55. The summed E-state index contributed by atoms with van der Waals surface area (Å²) in [5.74, 6) is 0.185. The Balaban J connectivity index is 2.09. The predicted octanol–water partition coefficient (Wildman–Crippen LogP) is 3.10. The number of hydrogen-bond acceptors (Lipinski definition) is 4. The number of nitrogen functional groups attached to an aromatic ring is 1. The second kappa shape index (κ2) is 5.85. The van der Waals surface area contributed by atoms with Crippen molar-refractivity contribution in [3.63, 3.8) is 0 Å². The van der Waals surface area contributed by atoms with Crippen LogP contribution in [0.5, 0.6) is 0 Å². The molecule has 23 heavy (non-hydrogen) atoms. The SMILES string of the molecule is C=CC(=O)Nc1ccc(-c2c(Br)c3c(N)ncnc3n2C)cc1. The summed E-state index contributed by atoms with van der Waals surface area (Å²) in [4.78, 5) is 19.7. The minimum atomic E-state index is -0.244. The molecule has 1 aromatic carbocycles. The molecule has 0 spiro atoms. The molecule has 0 unspecified atom stereocenters. The normalized spacial score (nSPS) is 10.7. The number of amides is 1. The molecule has 0 saturated heterocycles. The molecule has 6 nitrogen and oxygen atoms in total. The van der Waals surface area contributed by atoms with E-state index in [1.165, 1.54) is 12.4 Å². The van der Waals surface area contributed by atoms with Crippen LogP contribution in [0.3, 0.4) is 0 Å². The minimum absolute atomic E-state index is 0.244. The summed E-state index contributed by atoms with van der Waals surface area (Å²) in [6.07, 6.45) is 2.68. The first-order valence-corrected chi connectivity index (χ1v) is 7.60. The van der Waals surface area contributed by atoms with Crippen LogP contribution in [-0.2, 0) is 11.8 Å². The molecule has 0 saturated carbocycles. The molecule has 0 aliphatic heterocycles. The van der Waals surface area contributed by atoms with Gasteiger partial charge >= 0.3 is 0 Å². The van der Waals surface area contributed by atoms with E-state index in [2.05, 4.69) is 37.8 Å². The Hall–Kier alpha value is -2.67. The fourth-order valence-corrected chi connectivity index (χ4v) is 3.33. The number of rotatable bonds is 3. The standard InChI is InChI=1S/C16H14BrN5O/c1-3-11(23)21-10-6-4-9(5-7-10)14-13(17)12-15(18)19-8-20-16(12)22(14)2/h3-8H,1H2,2H3,(H,21,23)(H2,18,19,20). The third kappa shape index (κ3) is 2.59. The van der Waals surface area contributed by atoms with E-state index in [1.807, 2.05) is 35.9 Å². The molecular weight excluding hydrogens is 358 g/mol. The Kier molecular flexibility index (Phi) is 3.87. The summed E-state index contributed by atoms with van der Waals surface area (Å²) in [6, 6.07) is 7.49. The van der Waals surface area contributed by atoms with E-state index in [0.29, 0.717) is 11.5 Å². The van der Waals surface area contributed by atoms with Crippen molar-refractivity contribution in [1.82, 2.24) is 14.5 Å². The molecule has 3 aromatic rings.